The quantitative estimate of drug-likeness (QED) is 0.832. The Morgan fingerprint density at radius 2 is 2.11 bits per heavy atom. The summed E-state index contributed by atoms with van der Waals surface area (Å²) in [5, 5.41) is 3.31. The van der Waals surface area contributed by atoms with E-state index < -0.39 is 10.0 Å². The Morgan fingerprint density at radius 3 is 2.79 bits per heavy atom. The van der Waals surface area contributed by atoms with E-state index in [0.29, 0.717) is 12.3 Å². The molecule has 0 amide bonds. The van der Waals surface area contributed by atoms with Gasteiger partial charge >= 0.3 is 0 Å². The van der Waals surface area contributed by atoms with Gasteiger partial charge in [0, 0.05) is 0 Å². The van der Waals surface area contributed by atoms with Gasteiger partial charge in [-0.3, -0.25) is 0 Å². The average molecular weight is 304 g/mol. The van der Waals surface area contributed by atoms with Crippen molar-refractivity contribution in [1.82, 2.24) is 10.0 Å². The van der Waals surface area contributed by atoms with Gasteiger partial charge < -0.3 is 9.73 Å². The summed E-state index contributed by atoms with van der Waals surface area (Å²) in [7, 11) is -2.10. The second-order valence-electron chi connectivity index (χ2n) is 4.61. The Kier molecular flexibility index (Phi) is 5.32. The van der Waals surface area contributed by atoms with Crippen LogP contribution in [0.5, 0.6) is 0 Å². The van der Waals surface area contributed by atoms with Gasteiger partial charge in [-0.1, -0.05) is 0 Å². The summed E-state index contributed by atoms with van der Waals surface area (Å²) in [5.41, 5.74) is 0. The summed E-state index contributed by atoms with van der Waals surface area (Å²) in [4.78, 5) is 0. The summed E-state index contributed by atoms with van der Waals surface area (Å²) in [6.07, 6.45) is 2.52. The van der Waals surface area contributed by atoms with Gasteiger partial charge in [-0.25, -0.2) is 13.1 Å². The zero-order valence-electron chi connectivity index (χ0n) is 11.0. The van der Waals surface area contributed by atoms with Crippen LogP contribution in [0.3, 0.4) is 0 Å². The van der Waals surface area contributed by atoms with Crippen LogP contribution < -0.4 is 10.0 Å². The summed E-state index contributed by atoms with van der Waals surface area (Å²) in [5.74, 6) is 3.88. The molecule has 2 N–H and O–H groups in total. The molecule has 0 unspecified atom stereocenters. The maximum atomic E-state index is 11.5. The SMILES string of the molecule is CNS(=O)(=O)c1ccc(CNCC2CCSCC2)o1. The first kappa shape index (κ1) is 14.9. The van der Waals surface area contributed by atoms with E-state index in [0.717, 1.165) is 12.5 Å². The molecule has 0 saturated carbocycles. The molecule has 1 aliphatic heterocycles. The van der Waals surface area contributed by atoms with E-state index >= 15 is 0 Å². The van der Waals surface area contributed by atoms with Crippen LogP contribution in [0, 0.1) is 5.92 Å². The third kappa shape index (κ3) is 4.24. The number of furan rings is 1. The van der Waals surface area contributed by atoms with Crippen molar-refractivity contribution in [3.8, 4) is 0 Å². The highest BCUT2D eigenvalue weighted by Gasteiger charge is 2.17. The van der Waals surface area contributed by atoms with E-state index in [4.69, 9.17) is 4.42 Å². The van der Waals surface area contributed by atoms with Gasteiger partial charge in [-0.2, -0.15) is 11.8 Å². The fourth-order valence-corrected chi connectivity index (χ4v) is 3.92. The fraction of sp³-hybridized carbons (Fsp3) is 0.667. The van der Waals surface area contributed by atoms with Crippen molar-refractivity contribution in [2.75, 3.05) is 25.1 Å². The van der Waals surface area contributed by atoms with Gasteiger partial charge in [0.1, 0.15) is 5.76 Å². The molecule has 1 saturated heterocycles. The smallest absolute Gasteiger partial charge is 0.273 e. The van der Waals surface area contributed by atoms with Gasteiger partial charge in [0.15, 0.2) is 0 Å². The van der Waals surface area contributed by atoms with Crippen molar-refractivity contribution >= 4 is 21.8 Å². The highest BCUT2D eigenvalue weighted by Crippen LogP contribution is 2.22. The predicted octanol–water partition coefficient (Wildman–Crippen LogP) is 1.42. The zero-order chi connectivity index (χ0) is 13.7. The topological polar surface area (TPSA) is 71.3 Å². The first-order valence-corrected chi connectivity index (χ1v) is 9.06. The number of hydrogen-bond donors (Lipinski definition) is 2. The Labute approximate surface area is 118 Å². The van der Waals surface area contributed by atoms with Crippen molar-refractivity contribution in [2.24, 2.45) is 5.92 Å². The van der Waals surface area contributed by atoms with Crippen molar-refractivity contribution in [3.05, 3.63) is 17.9 Å². The fourth-order valence-electron chi connectivity index (χ4n) is 2.05. The van der Waals surface area contributed by atoms with E-state index in [-0.39, 0.29) is 5.09 Å². The Balaban J connectivity index is 1.80. The largest absolute Gasteiger partial charge is 0.447 e. The van der Waals surface area contributed by atoms with Gasteiger partial charge in [-0.05, 0) is 56.0 Å². The Hall–Kier alpha value is -0.500. The molecular weight excluding hydrogens is 284 g/mol. The molecule has 1 aromatic rings. The van der Waals surface area contributed by atoms with Crippen LogP contribution in [0.2, 0.25) is 0 Å². The van der Waals surface area contributed by atoms with Gasteiger partial charge in [-0.15, -0.1) is 0 Å². The number of thioether (sulfide) groups is 1. The molecule has 0 spiro atoms. The molecule has 0 aromatic carbocycles. The molecule has 2 rings (SSSR count). The summed E-state index contributed by atoms with van der Waals surface area (Å²) in [6, 6.07) is 3.19. The van der Waals surface area contributed by atoms with E-state index in [1.165, 1.54) is 37.5 Å². The van der Waals surface area contributed by atoms with Crippen LogP contribution in [0.15, 0.2) is 21.6 Å². The predicted molar refractivity (Wildman–Crippen MR) is 76.7 cm³/mol. The lowest BCUT2D eigenvalue weighted by Gasteiger charge is -2.21. The second-order valence-corrected chi connectivity index (χ2v) is 7.66. The highest BCUT2D eigenvalue weighted by molar-refractivity contribution is 7.99. The lowest BCUT2D eigenvalue weighted by Crippen LogP contribution is -2.25. The molecule has 2 heterocycles. The van der Waals surface area contributed by atoms with Crippen molar-refractivity contribution in [3.63, 3.8) is 0 Å². The number of hydrogen-bond acceptors (Lipinski definition) is 5. The molecule has 0 radical (unpaired) electrons. The molecule has 0 bridgehead atoms. The molecule has 19 heavy (non-hydrogen) atoms. The first-order chi connectivity index (χ1) is 9.12. The van der Waals surface area contributed by atoms with E-state index in [2.05, 4.69) is 10.0 Å². The molecule has 5 nitrogen and oxygen atoms in total. The first-order valence-electron chi connectivity index (χ1n) is 6.42. The minimum Gasteiger partial charge on any atom is -0.447 e. The number of sulfonamides is 1. The molecule has 108 valence electrons. The van der Waals surface area contributed by atoms with Crippen LogP contribution >= 0.6 is 11.8 Å². The maximum absolute atomic E-state index is 11.5. The standard InChI is InChI=1S/C12H20N2O3S2/c1-13-19(15,16)12-3-2-11(17-12)9-14-8-10-4-6-18-7-5-10/h2-3,10,13-14H,4-9H2,1H3. The Bertz CT molecular complexity index is 493. The minimum atomic E-state index is -3.47. The summed E-state index contributed by atoms with van der Waals surface area (Å²) in [6.45, 7) is 1.54. The highest BCUT2D eigenvalue weighted by atomic mass is 32.2. The van der Waals surface area contributed by atoms with E-state index in [9.17, 15) is 8.42 Å². The van der Waals surface area contributed by atoms with Crippen molar-refractivity contribution in [2.45, 2.75) is 24.5 Å². The van der Waals surface area contributed by atoms with Crippen LogP contribution in [-0.2, 0) is 16.6 Å². The molecule has 1 fully saturated rings. The van der Waals surface area contributed by atoms with E-state index in [1.54, 1.807) is 6.07 Å². The number of nitrogens with one attached hydrogen (secondary N) is 2. The Morgan fingerprint density at radius 1 is 1.37 bits per heavy atom. The summed E-state index contributed by atoms with van der Waals surface area (Å²) < 4.78 is 30.6. The molecule has 1 aliphatic rings. The van der Waals surface area contributed by atoms with Crippen LogP contribution in [-0.4, -0.2) is 33.5 Å². The maximum Gasteiger partial charge on any atom is 0.273 e. The van der Waals surface area contributed by atoms with Crippen LogP contribution in [0.25, 0.3) is 0 Å². The van der Waals surface area contributed by atoms with Crippen LogP contribution in [0.1, 0.15) is 18.6 Å². The number of rotatable bonds is 6. The van der Waals surface area contributed by atoms with E-state index in [1.807, 2.05) is 11.8 Å². The minimum absolute atomic E-state index is 0.0270. The molecule has 0 atom stereocenters. The molecule has 7 heteroatoms. The van der Waals surface area contributed by atoms with Crippen molar-refractivity contribution < 1.29 is 12.8 Å². The second kappa shape index (κ2) is 6.78. The van der Waals surface area contributed by atoms with Gasteiger partial charge in [0.2, 0.25) is 5.09 Å². The van der Waals surface area contributed by atoms with Gasteiger partial charge in [0.25, 0.3) is 10.0 Å². The average Bonchev–Trinajstić information content (AvgIpc) is 2.90. The molecular formula is C12H20N2O3S2. The summed E-state index contributed by atoms with van der Waals surface area (Å²) >= 11 is 2.02. The van der Waals surface area contributed by atoms with Gasteiger partial charge in [0.05, 0.1) is 6.54 Å². The zero-order valence-corrected chi connectivity index (χ0v) is 12.6. The monoisotopic (exact) mass is 304 g/mol. The lowest BCUT2D eigenvalue weighted by molar-refractivity contribution is 0.383. The van der Waals surface area contributed by atoms with Crippen LogP contribution in [0.4, 0.5) is 0 Å². The van der Waals surface area contributed by atoms with Crippen molar-refractivity contribution in [1.29, 1.82) is 0 Å². The molecule has 0 aliphatic carbocycles. The normalized spacial score (nSPS) is 17.7. The molecule has 1 aromatic heterocycles. The lowest BCUT2D eigenvalue weighted by atomic mass is 10.0. The third-order valence-corrected chi connectivity index (χ3v) is 5.58. The third-order valence-electron chi connectivity index (χ3n) is 3.24.